The molecule has 0 spiro atoms. The lowest BCUT2D eigenvalue weighted by Crippen LogP contribution is -2.42. The summed E-state index contributed by atoms with van der Waals surface area (Å²) in [4.78, 5) is 13.7. The minimum atomic E-state index is -3.90. The van der Waals surface area contributed by atoms with E-state index < -0.39 is 21.0 Å². The Kier molecular flexibility index (Phi) is 5.77. The predicted octanol–water partition coefficient (Wildman–Crippen LogP) is 3.50. The molecule has 6 heteroatoms. The van der Waals surface area contributed by atoms with Gasteiger partial charge in [-0.25, -0.2) is 13.2 Å². The number of ether oxygens (including phenoxy) is 1. The Labute approximate surface area is 132 Å². The van der Waals surface area contributed by atoms with Crippen LogP contribution in [0.4, 0.5) is 4.79 Å². The molecule has 22 heavy (non-hydrogen) atoms. The topological polar surface area (TPSA) is 63.7 Å². The Morgan fingerprint density at radius 2 is 1.55 bits per heavy atom. The Morgan fingerprint density at radius 3 is 1.95 bits per heavy atom. The fourth-order valence-corrected chi connectivity index (χ4v) is 3.01. The molecule has 5 nitrogen and oxygen atoms in total. The molecule has 0 atom stereocenters. The van der Waals surface area contributed by atoms with Gasteiger partial charge in [-0.1, -0.05) is 17.7 Å². The third kappa shape index (κ3) is 4.10. The highest BCUT2D eigenvalue weighted by Crippen LogP contribution is 2.21. The molecule has 0 aromatic heterocycles. The van der Waals surface area contributed by atoms with Gasteiger partial charge in [-0.3, -0.25) is 0 Å². The van der Waals surface area contributed by atoms with Crippen LogP contribution >= 0.6 is 0 Å². The Bertz CT molecular complexity index is 637. The molecule has 0 N–H and O–H groups in total. The van der Waals surface area contributed by atoms with Crippen molar-refractivity contribution in [3.05, 3.63) is 41.5 Å². The summed E-state index contributed by atoms with van der Waals surface area (Å²) >= 11 is 0. The van der Waals surface area contributed by atoms with Gasteiger partial charge in [0.2, 0.25) is 14.9 Å². The molecule has 0 saturated carbocycles. The average Bonchev–Trinajstić information content (AvgIpc) is 2.37. The Hall–Kier alpha value is -1.82. The van der Waals surface area contributed by atoms with Crippen LogP contribution in [0.2, 0.25) is 0 Å². The van der Waals surface area contributed by atoms with Crippen molar-refractivity contribution in [3.8, 4) is 0 Å². The van der Waals surface area contributed by atoms with Crippen LogP contribution in [0.1, 0.15) is 33.3 Å². The van der Waals surface area contributed by atoms with Crippen molar-refractivity contribution in [2.24, 2.45) is 0 Å². The molecule has 1 aromatic carbocycles. The van der Waals surface area contributed by atoms with E-state index in [9.17, 15) is 13.2 Å². The van der Waals surface area contributed by atoms with Gasteiger partial charge in [0.25, 0.3) is 0 Å². The first-order valence-electron chi connectivity index (χ1n) is 7.08. The first-order chi connectivity index (χ1) is 10.1. The second-order valence-corrected chi connectivity index (χ2v) is 7.58. The van der Waals surface area contributed by atoms with Gasteiger partial charge in [-0.15, -0.1) is 0 Å². The van der Waals surface area contributed by atoms with Gasteiger partial charge in [0.15, 0.2) is 0 Å². The highest BCUT2D eigenvalue weighted by atomic mass is 32.2. The van der Waals surface area contributed by atoms with Gasteiger partial charge in [0.1, 0.15) is 0 Å². The molecule has 0 fully saturated rings. The molecule has 122 valence electrons. The summed E-state index contributed by atoms with van der Waals surface area (Å²) in [5.74, 6) is 0. The van der Waals surface area contributed by atoms with Crippen molar-refractivity contribution in [1.82, 2.24) is 4.90 Å². The first-order valence-corrected chi connectivity index (χ1v) is 8.56. The van der Waals surface area contributed by atoms with E-state index in [4.69, 9.17) is 4.74 Å². The monoisotopic (exact) mass is 325 g/mol. The quantitative estimate of drug-likeness (QED) is 0.777. The number of hydrogen-bond acceptors (Lipinski definition) is 4. The number of rotatable bonds is 5. The van der Waals surface area contributed by atoms with Crippen molar-refractivity contribution >= 4 is 15.9 Å². The minimum Gasteiger partial charge on any atom is -0.398 e. The van der Waals surface area contributed by atoms with E-state index >= 15 is 0 Å². The molecule has 0 unspecified atom stereocenters. The zero-order chi connectivity index (χ0) is 17.1. The summed E-state index contributed by atoms with van der Waals surface area (Å²) in [6.07, 6.45) is -0.717. The molecular weight excluding hydrogens is 302 g/mol. The van der Waals surface area contributed by atoms with E-state index in [-0.39, 0.29) is 17.0 Å². The van der Waals surface area contributed by atoms with Crippen LogP contribution in [-0.4, -0.2) is 31.5 Å². The molecule has 0 saturated heterocycles. The van der Waals surface area contributed by atoms with Gasteiger partial charge < -0.3 is 9.64 Å². The normalized spacial score (nSPS) is 11.6. The number of benzene rings is 1. The molecule has 0 bridgehead atoms. The van der Waals surface area contributed by atoms with Crippen LogP contribution in [-0.2, 0) is 14.6 Å². The number of nitrogens with zero attached hydrogens (tertiary/aromatic N) is 1. The lowest BCUT2D eigenvalue weighted by Gasteiger charge is -2.29. The summed E-state index contributed by atoms with van der Waals surface area (Å²) < 4.78 is 29.7. The van der Waals surface area contributed by atoms with Gasteiger partial charge in [0.05, 0.1) is 4.90 Å². The smallest absolute Gasteiger partial charge is 0.398 e. The summed E-state index contributed by atoms with van der Waals surface area (Å²) in [6, 6.07) is 6.07. The fourth-order valence-electron chi connectivity index (χ4n) is 2.07. The highest BCUT2D eigenvalue weighted by Gasteiger charge is 2.27. The molecule has 0 heterocycles. The summed E-state index contributed by atoms with van der Waals surface area (Å²) in [6.45, 7) is 12.6. The van der Waals surface area contributed by atoms with Crippen molar-refractivity contribution in [3.63, 3.8) is 0 Å². The maximum absolute atomic E-state index is 12.3. The molecule has 1 amide bonds. The standard InChI is InChI=1S/C16H23NO4S/c1-11(2)17(12(3)4)16(18)21-14(6)22(19,20)15-9-7-13(5)8-10-15/h7-12H,6H2,1-5H3. The number of hydrogen-bond donors (Lipinski definition) is 0. The summed E-state index contributed by atoms with van der Waals surface area (Å²) in [5, 5.41) is -0.562. The molecular formula is C16H23NO4S. The molecule has 1 rings (SSSR count). The van der Waals surface area contributed by atoms with Gasteiger partial charge in [0, 0.05) is 12.1 Å². The SMILES string of the molecule is C=C(OC(=O)N(C(C)C)C(C)C)S(=O)(=O)c1ccc(C)cc1. The fraction of sp³-hybridized carbons (Fsp3) is 0.438. The van der Waals surface area contributed by atoms with Crippen molar-refractivity contribution < 1.29 is 17.9 Å². The Balaban J connectivity index is 2.96. The van der Waals surface area contributed by atoms with Crippen molar-refractivity contribution in [1.29, 1.82) is 0 Å². The minimum absolute atomic E-state index is 0.0524. The van der Waals surface area contributed by atoms with E-state index in [1.54, 1.807) is 12.1 Å². The predicted molar refractivity (Wildman–Crippen MR) is 86.1 cm³/mol. The van der Waals surface area contributed by atoms with Gasteiger partial charge in [-0.2, -0.15) is 0 Å². The number of aryl methyl sites for hydroxylation is 1. The summed E-state index contributed by atoms with van der Waals surface area (Å²) in [5.41, 5.74) is 0.937. The first kappa shape index (κ1) is 18.2. The lowest BCUT2D eigenvalue weighted by atomic mass is 10.2. The van der Waals surface area contributed by atoms with Crippen LogP contribution in [0.15, 0.2) is 40.8 Å². The van der Waals surface area contributed by atoms with Crippen LogP contribution in [0, 0.1) is 6.92 Å². The molecule has 0 radical (unpaired) electrons. The third-order valence-corrected chi connectivity index (χ3v) is 4.73. The zero-order valence-electron chi connectivity index (χ0n) is 13.7. The number of amides is 1. The number of sulfone groups is 1. The van der Waals surface area contributed by atoms with Crippen molar-refractivity contribution in [2.75, 3.05) is 0 Å². The number of carbonyl (C=O) groups is 1. The van der Waals surface area contributed by atoms with E-state index in [1.165, 1.54) is 17.0 Å². The maximum atomic E-state index is 12.3. The van der Waals surface area contributed by atoms with Crippen molar-refractivity contribution in [2.45, 2.75) is 51.6 Å². The molecule has 0 aliphatic rings. The third-order valence-electron chi connectivity index (χ3n) is 3.16. The van der Waals surface area contributed by atoms with E-state index in [0.29, 0.717) is 0 Å². The average molecular weight is 325 g/mol. The van der Waals surface area contributed by atoms with Gasteiger partial charge >= 0.3 is 6.09 Å². The van der Waals surface area contributed by atoms with Crippen LogP contribution in [0.3, 0.4) is 0 Å². The van der Waals surface area contributed by atoms with E-state index in [2.05, 4.69) is 6.58 Å². The zero-order valence-corrected chi connectivity index (χ0v) is 14.5. The van der Waals surface area contributed by atoms with Crippen LogP contribution in [0.5, 0.6) is 0 Å². The van der Waals surface area contributed by atoms with Gasteiger partial charge in [-0.05, 0) is 53.3 Å². The molecule has 0 aliphatic carbocycles. The number of carbonyl (C=O) groups excluding carboxylic acids is 1. The van der Waals surface area contributed by atoms with E-state index in [1.807, 2.05) is 34.6 Å². The summed E-state index contributed by atoms with van der Waals surface area (Å²) in [7, 11) is -3.90. The van der Waals surface area contributed by atoms with Crippen LogP contribution in [0.25, 0.3) is 0 Å². The molecule has 1 aromatic rings. The van der Waals surface area contributed by atoms with Crippen LogP contribution < -0.4 is 0 Å². The molecule has 0 aliphatic heterocycles. The highest BCUT2D eigenvalue weighted by molar-refractivity contribution is 7.95. The van der Waals surface area contributed by atoms with E-state index in [0.717, 1.165) is 5.56 Å². The largest absolute Gasteiger partial charge is 0.416 e. The lowest BCUT2D eigenvalue weighted by molar-refractivity contribution is 0.106. The Morgan fingerprint density at radius 1 is 1.09 bits per heavy atom. The second-order valence-electron chi connectivity index (χ2n) is 5.65. The maximum Gasteiger partial charge on any atom is 0.416 e. The second kappa shape index (κ2) is 6.96.